The summed E-state index contributed by atoms with van der Waals surface area (Å²) in [7, 11) is 0. The average molecular weight is 344 g/mol. The lowest BCUT2D eigenvalue weighted by Gasteiger charge is -2.23. The van der Waals surface area contributed by atoms with E-state index in [2.05, 4.69) is 15.1 Å². The Hall–Kier alpha value is -2.29. The van der Waals surface area contributed by atoms with Gasteiger partial charge in [-0.1, -0.05) is 11.6 Å². The Kier molecular flexibility index (Phi) is 5.52. The molecule has 3 rings (SSSR count). The van der Waals surface area contributed by atoms with E-state index in [-0.39, 0.29) is 12.7 Å². The number of hydrogen-bond donors (Lipinski definition) is 1. The molecule has 2 aromatic rings. The molecule has 0 aliphatic carbocycles. The molecule has 124 valence electrons. The Morgan fingerprint density at radius 3 is 2.88 bits per heavy atom. The number of nitrogens with zero attached hydrogens (tertiary/aromatic N) is 2. The lowest BCUT2D eigenvalue weighted by molar-refractivity contribution is 0.162. The predicted molar refractivity (Wildman–Crippen MR) is 92.8 cm³/mol. The fraction of sp³-hybridized carbons (Fsp3) is 0.333. The zero-order valence-electron chi connectivity index (χ0n) is 13.2. The molecular formula is C18H18ClN3O2. The van der Waals surface area contributed by atoms with Gasteiger partial charge in [0.15, 0.2) is 0 Å². The summed E-state index contributed by atoms with van der Waals surface area (Å²) in [6.45, 7) is 9.43. The van der Waals surface area contributed by atoms with Crippen LogP contribution in [0, 0.1) is 6.57 Å². The monoisotopic (exact) mass is 343 g/mol. The molecule has 0 unspecified atom stereocenters. The van der Waals surface area contributed by atoms with Gasteiger partial charge in [0, 0.05) is 17.3 Å². The molecule has 1 aliphatic rings. The third kappa shape index (κ3) is 4.38. The first kappa shape index (κ1) is 16.6. The second-order valence-corrected chi connectivity index (χ2v) is 6.00. The lowest BCUT2D eigenvalue weighted by Crippen LogP contribution is -2.34. The van der Waals surface area contributed by atoms with Crippen molar-refractivity contribution in [3.8, 4) is 11.5 Å². The fourth-order valence-electron chi connectivity index (χ4n) is 2.57. The topological polar surface area (TPSA) is 47.7 Å². The number of rotatable bonds is 5. The second kappa shape index (κ2) is 8.00. The molecule has 2 heterocycles. The van der Waals surface area contributed by atoms with Gasteiger partial charge in [0.1, 0.15) is 24.2 Å². The molecule has 0 amide bonds. The summed E-state index contributed by atoms with van der Waals surface area (Å²) < 4.78 is 11.7. The highest BCUT2D eigenvalue weighted by Gasteiger charge is 2.14. The van der Waals surface area contributed by atoms with Crippen molar-refractivity contribution in [3.05, 3.63) is 58.7 Å². The first-order valence-corrected chi connectivity index (χ1v) is 8.24. The Morgan fingerprint density at radius 2 is 2.08 bits per heavy atom. The van der Waals surface area contributed by atoms with E-state index in [0.29, 0.717) is 16.5 Å². The van der Waals surface area contributed by atoms with Gasteiger partial charge in [-0.25, -0.2) is 4.85 Å². The third-order valence-corrected chi connectivity index (χ3v) is 4.03. The van der Waals surface area contributed by atoms with Crippen molar-refractivity contribution in [3.63, 3.8) is 0 Å². The number of piperidine rings is 1. The number of aromatic nitrogens is 1. The van der Waals surface area contributed by atoms with Gasteiger partial charge in [-0.15, -0.1) is 0 Å². The molecule has 0 bridgehead atoms. The summed E-state index contributed by atoms with van der Waals surface area (Å²) in [4.78, 5) is 7.73. The van der Waals surface area contributed by atoms with Crippen LogP contribution in [0.5, 0.6) is 11.5 Å². The molecule has 0 spiro atoms. The molecular weight excluding hydrogens is 326 g/mol. The standard InChI is InChI=1S/C18H18ClN3O2/c1-20-17-10-13(19)2-3-18(17)23-12-14-11-16(6-9-22-14)24-15-4-7-21-8-5-15/h2-3,6,9-11,15,21H,4-5,7-8,12H2. The highest BCUT2D eigenvalue weighted by molar-refractivity contribution is 6.30. The van der Waals surface area contributed by atoms with Gasteiger partial charge in [-0.2, -0.15) is 0 Å². The molecule has 0 saturated carbocycles. The minimum absolute atomic E-state index is 0.243. The van der Waals surface area contributed by atoms with Gasteiger partial charge < -0.3 is 14.8 Å². The second-order valence-electron chi connectivity index (χ2n) is 5.56. The molecule has 24 heavy (non-hydrogen) atoms. The Balaban J connectivity index is 1.63. The number of benzene rings is 1. The SMILES string of the molecule is [C-]#[N+]c1cc(Cl)ccc1OCc1cc(OC2CCNCC2)ccn1. The predicted octanol–water partition coefficient (Wildman–Crippen LogP) is 4.00. The maximum atomic E-state index is 7.19. The van der Waals surface area contributed by atoms with Crippen molar-refractivity contribution in [1.82, 2.24) is 10.3 Å². The van der Waals surface area contributed by atoms with E-state index in [1.807, 2.05) is 12.1 Å². The Bertz CT molecular complexity index is 739. The molecule has 1 aliphatic heterocycles. The normalized spacial score (nSPS) is 14.8. The zero-order valence-corrected chi connectivity index (χ0v) is 13.9. The summed E-state index contributed by atoms with van der Waals surface area (Å²) in [5, 5.41) is 3.84. The molecule has 1 saturated heterocycles. The van der Waals surface area contributed by atoms with Gasteiger partial charge in [0.05, 0.1) is 12.3 Å². The van der Waals surface area contributed by atoms with Crippen LogP contribution in [0.1, 0.15) is 18.5 Å². The van der Waals surface area contributed by atoms with Gasteiger partial charge in [-0.05, 0) is 50.2 Å². The van der Waals surface area contributed by atoms with Gasteiger partial charge in [0.25, 0.3) is 0 Å². The van der Waals surface area contributed by atoms with Crippen LogP contribution < -0.4 is 14.8 Å². The number of pyridine rings is 1. The van der Waals surface area contributed by atoms with Crippen molar-refractivity contribution in [2.24, 2.45) is 0 Å². The van der Waals surface area contributed by atoms with E-state index in [4.69, 9.17) is 27.6 Å². The van der Waals surface area contributed by atoms with Crippen molar-refractivity contribution >= 4 is 17.3 Å². The average Bonchev–Trinajstić information content (AvgIpc) is 2.62. The van der Waals surface area contributed by atoms with Gasteiger partial charge >= 0.3 is 0 Å². The number of hydrogen-bond acceptors (Lipinski definition) is 4. The van der Waals surface area contributed by atoms with Crippen LogP contribution in [-0.2, 0) is 6.61 Å². The van der Waals surface area contributed by atoms with Crippen LogP contribution in [0.25, 0.3) is 4.85 Å². The minimum atomic E-state index is 0.243. The van der Waals surface area contributed by atoms with E-state index in [9.17, 15) is 0 Å². The number of ether oxygens (including phenoxy) is 2. The maximum absolute atomic E-state index is 7.19. The summed E-state index contributed by atoms with van der Waals surface area (Å²) in [5.74, 6) is 1.30. The summed E-state index contributed by atoms with van der Waals surface area (Å²) in [5.41, 5.74) is 1.15. The third-order valence-electron chi connectivity index (χ3n) is 3.79. The smallest absolute Gasteiger partial charge is 0.229 e. The van der Waals surface area contributed by atoms with Crippen LogP contribution in [0.3, 0.4) is 0 Å². The van der Waals surface area contributed by atoms with Crippen LogP contribution in [0.2, 0.25) is 5.02 Å². The van der Waals surface area contributed by atoms with E-state index >= 15 is 0 Å². The Labute approximate surface area is 146 Å². The van der Waals surface area contributed by atoms with Crippen molar-refractivity contribution < 1.29 is 9.47 Å². The molecule has 0 atom stereocenters. The van der Waals surface area contributed by atoms with Crippen molar-refractivity contribution in [2.45, 2.75) is 25.6 Å². The molecule has 1 aromatic heterocycles. The summed E-state index contributed by atoms with van der Waals surface area (Å²) in [6.07, 6.45) is 3.97. The van der Waals surface area contributed by atoms with Crippen LogP contribution in [0.4, 0.5) is 5.69 Å². The zero-order chi connectivity index (χ0) is 16.8. The first-order chi connectivity index (χ1) is 11.7. The molecule has 1 N–H and O–H groups in total. The number of halogens is 1. The van der Waals surface area contributed by atoms with E-state index < -0.39 is 0 Å². The molecule has 0 radical (unpaired) electrons. The quantitative estimate of drug-likeness (QED) is 0.834. The highest BCUT2D eigenvalue weighted by atomic mass is 35.5. The Morgan fingerprint density at radius 1 is 1.25 bits per heavy atom. The van der Waals surface area contributed by atoms with Crippen LogP contribution >= 0.6 is 11.6 Å². The van der Waals surface area contributed by atoms with E-state index in [1.165, 1.54) is 0 Å². The van der Waals surface area contributed by atoms with Crippen LogP contribution in [0.15, 0.2) is 36.5 Å². The maximum Gasteiger partial charge on any atom is 0.229 e. The van der Waals surface area contributed by atoms with Gasteiger partial charge in [0.2, 0.25) is 5.69 Å². The number of nitrogens with one attached hydrogen (secondary N) is 1. The van der Waals surface area contributed by atoms with Gasteiger partial charge in [-0.3, -0.25) is 4.98 Å². The van der Waals surface area contributed by atoms with Crippen molar-refractivity contribution in [1.29, 1.82) is 0 Å². The molecule has 5 nitrogen and oxygen atoms in total. The highest BCUT2D eigenvalue weighted by Crippen LogP contribution is 2.31. The van der Waals surface area contributed by atoms with E-state index in [1.54, 1.807) is 24.4 Å². The molecule has 6 heteroatoms. The summed E-state index contributed by atoms with van der Waals surface area (Å²) >= 11 is 5.89. The molecule has 1 aromatic carbocycles. The van der Waals surface area contributed by atoms with Crippen molar-refractivity contribution in [2.75, 3.05) is 13.1 Å². The first-order valence-electron chi connectivity index (χ1n) is 7.87. The summed E-state index contributed by atoms with van der Waals surface area (Å²) in [6, 6.07) is 8.74. The fourth-order valence-corrected chi connectivity index (χ4v) is 2.73. The minimum Gasteiger partial charge on any atom is -0.498 e. The van der Waals surface area contributed by atoms with Crippen LogP contribution in [-0.4, -0.2) is 24.2 Å². The lowest BCUT2D eigenvalue weighted by atomic mass is 10.1. The largest absolute Gasteiger partial charge is 0.498 e. The molecule has 1 fully saturated rings. The van der Waals surface area contributed by atoms with E-state index in [0.717, 1.165) is 37.4 Å².